The van der Waals surface area contributed by atoms with Crippen LogP contribution in [0, 0.1) is 0 Å². The number of nitrogens with zero attached hydrogens (tertiary/aromatic N) is 1. The van der Waals surface area contributed by atoms with Gasteiger partial charge in [-0.15, -0.1) is 0 Å². The van der Waals surface area contributed by atoms with Gasteiger partial charge in [0.05, 0.1) is 6.54 Å². The predicted octanol–water partition coefficient (Wildman–Crippen LogP) is 3.88. The van der Waals surface area contributed by atoms with Crippen molar-refractivity contribution < 1.29 is 4.79 Å². The summed E-state index contributed by atoms with van der Waals surface area (Å²) >= 11 is 0. The minimum Gasteiger partial charge on any atom is -0.325 e. The zero-order valence-corrected chi connectivity index (χ0v) is 13.5. The first kappa shape index (κ1) is 16.2. The molecule has 0 saturated carbocycles. The zero-order valence-electron chi connectivity index (χ0n) is 13.5. The van der Waals surface area contributed by atoms with Gasteiger partial charge in [-0.3, -0.25) is 9.69 Å². The molecule has 0 heterocycles. The van der Waals surface area contributed by atoms with E-state index in [1.807, 2.05) is 48.3 Å². The van der Waals surface area contributed by atoms with Crippen LogP contribution in [0.15, 0.2) is 54.6 Å². The molecule has 116 valence electrons. The summed E-state index contributed by atoms with van der Waals surface area (Å²) in [6, 6.07) is 18.2. The SMILES string of the molecule is CC(C)c1cccc(NC(=O)CN(C)Cc2ccccc2)c1. The lowest BCUT2D eigenvalue weighted by molar-refractivity contribution is -0.117. The van der Waals surface area contributed by atoms with Gasteiger partial charge >= 0.3 is 0 Å². The van der Waals surface area contributed by atoms with Gasteiger partial charge in [-0.05, 0) is 36.2 Å². The van der Waals surface area contributed by atoms with Crippen molar-refractivity contribution >= 4 is 11.6 Å². The lowest BCUT2D eigenvalue weighted by Crippen LogP contribution is -2.29. The molecule has 2 rings (SSSR count). The minimum absolute atomic E-state index is 0.0133. The van der Waals surface area contributed by atoms with E-state index in [9.17, 15) is 4.79 Å². The highest BCUT2D eigenvalue weighted by atomic mass is 16.2. The van der Waals surface area contributed by atoms with Crippen LogP contribution in [0.25, 0.3) is 0 Å². The number of hydrogen-bond acceptors (Lipinski definition) is 2. The number of carbonyl (C=O) groups is 1. The third kappa shape index (κ3) is 5.01. The van der Waals surface area contributed by atoms with Crippen molar-refractivity contribution in [3.63, 3.8) is 0 Å². The van der Waals surface area contributed by atoms with Crippen molar-refractivity contribution in [1.29, 1.82) is 0 Å². The molecule has 3 nitrogen and oxygen atoms in total. The molecule has 22 heavy (non-hydrogen) atoms. The Morgan fingerprint density at radius 1 is 1.09 bits per heavy atom. The Morgan fingerprint density at radius 3 is 2.50 bits per heavy atom. The summed E-state index contributed by atoms with van der Waals surface area (Å²) in [5.74, 6) is 0.469. The van der Waals surface area contributed by atoms with E-state index in [0.717, 1.165) is 12.2 Å². The molecule has 0 saturated heterocycles. The van der Waals surface area contributed by atoms with Crippen LogP contribution >= 0.6 is 0 Å². The Morgan fingerprint density at radius 2 is 1.82 bits per heavy atom. The van der Waals surface area contributed by atoms with Crippen molar-refractivity contribution in [2.75, 3.05) is 18.9 Å². The molecule has 0 spiro atoms. The van der Waals surface area contributed by atoms with Crippen molar-refractivity contribution in [3.05, 3.63) is 65.7 Å². The Bertz CT molecular complexity index is 608. The molecule has 0 aromatic heterocycles. The molecule has 0 aliphatic rings. The topological polar surface area (TPSA) is 32.3 Å². The first-order chi connectivity index (χ1) is 10.5. The molecule has 0 bridgehead atoms. The second kappa shape index (κ2) is 7.76. The van der Waals surface area contributed by atoms with Gasteiger partial charge in [0.2, 0.25) is 5.91 Å². The maximum Gasteiger partial charge on any atom is 0.238 e. The lowest BCUT2D eigenvalue weighted by Gasteiger charge is -2.16. The van der Waals surface area contributed by atoms with E-state index in [0.29, 0.717) is 12.5 Å². The smallest absolute Gasteiger partial charge is 0.238 e. The number of anilines is 1. The van der Waals surface area contributed by atoms with Crippen LogP contribution in [0.4, 0.5) is 5.69 Å². The van der Waals surface area contributed by atoms with Crippen LogP contribution in [0.2, 0.25) is 0 Å². The summed E-state index contributed by atoms with van der Waals surface area (Å²) in [4.78, 5) is 14.2. The lowest BCUT2D eigenvalue weighted by atomic mass is 10.0. The largest absolute Gasteiger partial charge is 0.325 e. The number of amides is 1. The van der Waals surface area contributed by atoms with Gasteiger partial charge in [0.25, 0.3) is 0 Å². The maximum absolute atomic E-state index is 12.1. The van der Waals surface area contributed by atoms with Crippen molar-refractivity contribution in [3.8, 4) is 0 Å². The fourth-order valence-electron chi connectivity index (χ4n) is 2.37. The van der Waals surface area contributed by atoms with Crippen molar-refractivity contribution in [2.45, 2.75) is 26.3 Å². The van der Waals surface area contributed by atoms with E-state index in [-0.39, 0.29) is 5.91 Å². The van der Waals surface area contributed by atoms with Gasteiger partial charge in [0, 0.05) is 12.2 Å². The molecule has 1 N–H and O–H groups in total. The zero-order chi connectivity index (χ0) is 15.9. The Kier molecular flexibility index (Phi) is 5.73. The summed E-state index contributed by atoms with van der Waals surface area (Å²) in [7, 11) is 1.96. The van der Waals surface area contributed by atoms with E-state index in [2.05, 4.69) is 37.4 Å². The first-order valence-corrected chi connectivity index (χ1v) is 7.67. The van der Waals surface area contributed by atoms with E-state index in [1.165, 1.54) is 11.1 Å². The minimum atomic E-state index is 0.0133. The number of likely N-dealkylation sites (N-methyl/N-ethyl adjacent to an activating group) is 1. The van der Waals surface area contributed by atoms with Gasteiger partial charge in [-0.1, -0.05) is 56.3 Å². The molecule has 3 heteroatoms. The third-order valence-electron chi connectivity index (χ3n) is 3.55. The second-order valence-corrected chi connectivity index (χ2v) is 5.99. The fourth-order valence-corrected chi connectivity index (χ4v) is 2.37. The summed E-state index contributed by atoms with van der Waals surface area (Å²) in [5.41, 5.74) is 3.30. The Hall–Kier alpha value is -2.13. The number of nitrogens with one attached hydrogen (secondary N) is 1. The molecule has 0 radical (unpaired) electrons. The third-order valence-corrected chi connectivity index (χ3v) is 3.55. The normalized spacial score (nSPS) is 11.0. The quantitative estimate of drug-likeness (QED) is 0.877. The summed E-state index contributed by atoms with van der Waals surface area (Å²) in [6.45, 7) is 5.43. The van der Waals surface area contributed by atoms with Gasteiger partial charge in [0.15, 0.2) is 0 Å². The Labute approximate surface area is 133 Å². The molecule has 1 amide bonds. The van der Waals surface area contributed by atoms with Crippen LogP contribution in [0.3, 0.4) is 0 Å². The van der Waals surface area contributed by atoms with Crippen molar-refractivity contribution in [1.82, 2.24) is 4.90 Å². The van der Waals surface area contributed by atoms with Crippen LogP contribution in [-0.2, 0) is 11.3 Å². The van der Waals surface area contributed by atoms with E-state index in [4.69, 9.17) is 0 Å². The molecule has 0 unspecified atom stereocenters. The highest BCUT2D eigenvalue weighted by Gasteiger charge is 2.08. The fraction of sp³-hybridized carbons (Fsp3) is 0.316. The Balaban J connectivity index is 1.88. The van der Waals surface area contributed by atoms with Crippen LogP contribution < -0.4 is 5.32 Å². The highest BCUT2D eigenvalue weighted by molar-refractivity contribution is 5.92. The average molecular weight is 296 g/mol. The molecule has 0 fully saturated rings. The summed E-state index contributed by atoms with van der Waals surface area (Å²) in [5, 5.41) is 2.97. The number of rotatable bonds is 6. The van der Waals surface area contributed by atoms with E-state index in [1.54, 1.807) is 0 Å². The molecule has 0 aliphatic heterocycles. The molecule has 0 aliphatic carbocycles. The first-order valence-electron chi connectivity index (χ1n) is 7.67. The molecular weight excluding hydrogens is 272 g/mol. The monoisotopic (exact) mass is 296 g/mol. The predicted molar refractivity (Wildman–Crippen MR) is 91.9 cm³/mol. The number of hydrogen-bond donors (Lipinski definition) is 1. The standard InChI is InChI=1S/C19H24N2O/c1-15(2)17-10-7-11-18(12-17)20-19(22)14-21(3)13-16-8-5-4-6-9-16/h4-12,15H,13-14H2,1-3H3,(H,20,22). The summed E-state index contributed by atoms with van der Waals surface area (Å²) in [6.07, 6.45) is 0. The maximum atomic E-state index is 12.1. The number of benzene rings is 2. The molecule has 2 aromatic rings. The van der Waals surface area contributed by atoms with Gasteiger partial charge < -0.3 is 5.32 Å². The van der Waals surface area contributed by atoms with Crippen LogP contribution in [0.5, 0.6) is 0 Å². The number of carbonyl (C=O) groups excluding carboxylic acids is 1. The summed E-state index contributed by atoms with van der Waals surface area (Å²) < 4.78 is 0. The van der Waals surface area contributed by atoms with Gasteiger partial charge in [-0.25, -0.2) is 0 Å². The second-order valence-electron chi connectivity index (χ2n) is 5.99. The average Bonchev–Trinajstić information content (AvgIpc) is 2.48. The highest BCUT2D eigenvalue weighted by Crippen LogP contribution is 2.18. The molecule has 2 aromatic carbocycles. The molecule has 0 atom stereocenters. The molecular formula is C19H24N2O. The van der Waals surface area contributed by atoms with Crippen LogP contribution in [0.1, 0.15) is 30.9 Å². The van der Waals surface area contributed by atoms with Crippen LogP contribution in [-0.4, -0.2) is 24.4 Å². The van der Waals surface area contributed by atoms with E-state index >= 15 is 0 Å². The van der Waals surface area contributed by atoms with Crippen molar-refractivity contribution in [2.24, 2.45) is 0 Å². The van der Waals surface area contributed by atoms with Gasteiger partial charge in [0.1, 0.15) is 0 Å². The van der Waals surface area contributed by atoms with E-state index < -0.39 is 0 Å². The van der Waals surface area contributed by atoms with Gasteiger partial charge in [-0.2, -0.15) is 0 Å².